The number of rotatable bonds is 4. The molecule has 0 saturated heterocycles. The van der Waals surface area contributed by atoms with E-state index in [0.717, 1.165) is 12.2 Å². The van der Waals surface area contributed by atoms with Crippen molar-refractivity contribution in [2.24, 2.45) is 5.73 Å². The molecule has 0 fully saturated rings. The summed E-state index contributed by atoms with van der Waals surface area (Å²) in [5.41, 5.74) is 11.8. The first-order valence-electron chi connectivity index (χ1n) is 6.68. The van der Waals surface area contributed by atoms with Gasteiger partial charge in [-0.2, -0.15) is 0 Å². The number of benzene rings is 2. The topological polar surface area (TPSA) is 55.1 Å². The Bertz CT molecular complexity index is 624. The fourth-order valence-corrected chi connectivity index (χ4v) is 2.46. The molecule has 104 valence electrons. The van der Waals surface area contributed by atoms with Crippen LogP contribution in [0.25, 0.3) is 0 Å². The molecular formula is C17H20N2O. The maximum atomic E-state index is 11.2. The van der Waals surface area contributed by atoms with E-state index >= 15 is 0 Å². The Balaban J connectivity index is 2.17. The number of primary amides is 1. The molecule has 0 unspecified atom stereocenters. The summed E-state index contributed by atoms with van der Waals surface area (Å²) in [5.74, 6) is -0.406. The Morgan fingerprint density at radius 2 is 1.75 bits per heavy atom. The largest absolute Gasteiger partial charge is 0.381 e. The second-order valence-electron chi connectivity index (χ2n) is 5.18. The van der Waals surface area contributed by atoms with E-state index in [1.54, 1.807) is 12.1 Å². The smallest absolute Gasteiger partial charge is 0.248 e. The van der Waals surface area contributed by atoms with Crippen LogP contribution in [0.4, 0.5) is 5.69 Å². The Labute approximate surface area is 119 Å². The second-order valence-corrected chi connectivity index (χ2v) is 5.18. The van der Waals surface area contributed by atoms with Crippen LogP contribution in [-0.2, 0) is 6.54 Å². The first-order chi connectivity index (χ1) is 9.47. The van der Waals surface area contributed by atoms with Gasteiger partial charge in [0.05, 0.1) is 0 Å². The number of nitrogens with two attached hydrogens (primary N) is 1. The van der Waals surface area contributed by atoms with E-state index in [-0.39, 0.29) is 0 Å². The van der Waals surface area contributed by atoms with Crippen molar-refractivity contribution in [2.45, 2.75) is 27.3 Å². The minimum atomic E-state index is -0.406. The molecule has 0 heterocycles. The molecular weight excluding hydrogens is 248 g/mol. The summed E-state index contributed by atoms with van der Waals surface area (Å²) in [6.07, 6.45) is 0. The Hall–Kier alpha value is -2.29. The summed E-state index contributed by atoms with van der Waals surface area (Å²) < 4.78 is 0. The van der Waals surface area contributed by atoms with Gasteiger partial charge in [-0.05, 0) is 55.7 Å². The summed E-state index contributed by atoms with van der Waals surface area (Å²) in [7, 11) is 0. The van der Waals surface area contributed by atoms with Crippen molar-refractivity contribution in [3.63, 3.8) is 0 Å². The molecule has 1 amide bonds. The molecule has 2 rings (SSSR count). The third kappa shape index (κ3) is 3.18. The van der Waals surface area contributed by atoms with E-state index in [0.29, 0.717) is 5.56 Å². The summed E-state index contributed by atoms with van der Waals surface area (Å²) in [5, 5.41) is 3.35. The number of anilines is 1. The van der Waals surface area contributed by atoms with E-state index in [1.807, 2.05) is 12.1 Å². The molecule has 0 radical (unpaired) electrons. The molecule has 0 spiro atoms. The summed E-state index contributed by atoms with van der Waals surface area (Å²) in [6.45, 7) is 7.08. The predicted octanol–water partition coefficient (Wildman–Crippen LogP) is 3.32. The highest BCUT2D eigenvalue weighted by Gasteiger charge is 2.05. The highest BCUT2D eigenvalue weighted by atomic mass is 16.1. The van der Waals surface area contributed by atoms with Gasteiger partial charge in [0, 0.05) is 17.8 Å². The van der Waals surface area contributed by atoms with Crippen LogP contribution in [0.2, 0.25) is 0 Å². The van der Waals surface area contributed by atoms with Gasteiger partial charge in [0.1, 0.15) is 0 Å². The van der Waals surface area contributed by atoms with Gasteiger partial charge in [0.2, 0.25) is 5.91 Å². The predicted molar refractivity (Wildman–Crippen MR) is 82.9 cm³/mol. The van der Waals surface area contributed by atoms with Crippen LogP contribution in [0.15, 0.2) is 36.4 Å². The monoisotopic (exact) mass is 268 g/mol. The SMILES string of the molecule is Cc1cc(C)c(CNc2cccc(C(N)=O)c2)c(C)c1. The first-order valence-corrected chi connectivity index (χ1v) is 6.68. The Morgan fingerprint density at radius 1 is 1.10 bits per heavy atom. The molecule has 0 aliphatic rings. The number of hydrogen-bond donors (Lipinski definition) is 2. The van der Waals surface area contributed by atoms with Crippen molar-refractivity contribution >= 4 is 11.6 Å². The molecule has 20 heavy (non-hydrogen) atoms. The van der Waals surface area contributed by atoms with Gasteiger partial charge in [-0.15, -0.1) is 0 Å². The fourth-order valence-electron chi connectivity index (χ4n) is 2.46. The van der Waals surface area contributed by atoms with E-state index in [4.69, 9.17) is 5.73 Å². The van der Waals surface area contributed by atoms with Crippen LogP contribution in [0.1, 0.15) is 32.6 Å². The first kappa shape index (κ1) is 14.1. The molecule has 0 aliphatic heterocycles. The van der Waals surface area contributed by atoms with Crippen LogP contribution in [0.5, 0.6) is 0 Å². The summed E-state index contributed by atoms with van der Waals surface area (Å²) in [6, 6.07) is 11.6. The molecule has 3 N–H and O–H groups in total. The van der Waals surface area contributed by atoms with Gasteiger partial charge in [-0.3, -0.25) is 4.79 Å². The average molecular weight is 268 g/mol. The van der Waals surface area contributed by atoms with Crippen molar-refractivity contribution in [3.8, 4) is 0 Å². The lowest BCUT2D eigenvalue weighted by Gasteiger charge is -2.13. The standard InChI is InChI=1S/C17H20N2O/c1-11-7-12(2)16(13(3)8-11)10-19-15-6-4-5-14(9-15)17(18)20/h4-9,19H,10H2,1-3H3,(H2,18,20). The molecule has 0 aliphatic carbocycles. The third-order valence-electron chi connectivity index (χ3n) is 3.46. The van der Waals surface area contributed by atoms with Crippen LogP contribution in [0.3, 0.4) is 0 Å². The number of carbonyl (C=O) groups excluding carboxylic acids is 1. The van der Waals surface area contributed by atoms with E-state index < -0.39 is 5.91 Å². The molecule has 2 aromatic carbocycles. The lowest BCUT2D eigenvalue weighted by molar-refractivity contribution is 0.100. The highest BCUT2D eigenvalue weighted by Crippen LogP contribution is 2.18. The van der Waals surface area contributed by atoms with E-state index in [9.17, 15) is 4.79 Å². The van der Waals surface area contributed by atoms with Crippen molar-refractivity contribution < 1.29 is 4.79 Å². The van der Waals surface area contributed by atoms with Gasteiger partial charge in [0.25, 0.3) is 0 Å². The van der Waals surface area contributed by atoms with Gasteiger partial charge < -0.3 is 11.1 Å². The average Bonchev–Trinajstić information content (AvgIpc) is 2.37. The number of amides is 1. The van der Waals surface area contributed by atoms with Gasteiger partial charge >= 0.3 is 0 Å². The Kier molecular flexibility index (Phi) is 4.08. The summed E-state index contributed by atoms with van der Waals surface area (Å²) >= 11 is 0. The van der Waals surface area contributed by atoms with Gasteiger partial charge in [0.15, 0.2) is 0 Å². The molecule has 0 bridgehead atoms. The van der Waals surface area contributed by atoms with Crippen molar-refractivity contribution in [1.82, 2.24) is 0 Å². The normalized spacial score (nSPS) is 10.3. The molecule has 0 atom stereocenters. The minimum Gasteiger partial charge on any atom is -0.381 e. The molecule has 2 aromatic rings. The number of carbonyl (C=O) groups is 1. The summed E-state index contributed by atoms with van der Waals surface area (Å²) in [4.78, 5) is 11.2. The van der Waals surface area contributed by atoms with Crippen LogP contribution in [0, 0.1) is 20.8 Å². The van der Waals surface area contributed by atoms with Crippen molar-refractivity contribution in [1.29, 1.82) is 0 Å². The van der Waals surface area contributed by atoms with Crippen LogP contribution >= 0.6 is 0 Å². The highest BCUT2D eigenvalue weighted by molar-refractivity contribution is 5.93. The fraction of sp³-hybridized carbons (Fsp3) is 0.235. The lowest BCUT2D eigenvalue weighted by atomic mass is 10.00. The van der Waals surface area contributed by atoms with Crippen molar-refractivity contribution in [2.75, 3.05) is 5.32 Å². The zero-order valence-electron chi connectivity index (χ0n) is 12.2. The Morgan fingerprint density at radius 3 is 2.35 bits per heavy atom. The molecule has 0 saturated carbocycles. The quantitative estimate of drug-likeness (QED) is 0.893. The number of nitrogens with one attached hydrogen (secondary N) is 1. The molecule has 3 nitrogen and oxygen atoms in total. The van der Waals surface area contributed by atoms with Gasteiger partial charge in [-0.25, -0.2) is 0 Å². The van der Waals surface area contributed by atoms with Crippen LogP contribution in [-0.4, -0.2) is 5.91 Å². The number of hydrogen-bond acceptors (Lipinski definition) is 2. The van der Waals surface area contributed by atoms with E-state index in [2.05, 4.69) is 38.2 Å². The molecule has 0 aromatic heterocycles. The van der Waals surface area contributed by atoms with Crippen molar-refractivity contribution in [3.05, 3.63) is 64.2 Å². The molecule has 3 heteroatoms. The zero-order chi connectivity index (χ0) is 14.7. The lowest BCUT2D eigenvalue weighted by Crippen LogP contribution is -2.11. The maximum Gasteiger partial charge on any atom is 0.248 e. The maximum absolute atomic E-state index is 11.2. The van der Waals surface area contributed by atoms with Gasteiger partial charge in [-0.1, -0.05) is 23.8 Å². The second kappa shape index (κ2) is 5.78. The number of aryl methyl sites for hydroxylation is 3. The van der Waals surface area contributed by atoms with Crippen LogP contribution < -0.4 is 11.1 Å². The minimum absolute atomic E-state index is 0.406. The van der Waals surface area contributed by atoms with E-state index in [1.165, 1.54) is 22.3 Å². The zero-order valence-corrected chi connectivity index (χ0v) is 12.2. The third-order valence-corrected chi connectivity index (χ3v) is 3.46.